The number of nitrogens with zero attached hydrogens (tertiary/aromatic N) is 3. The van der Waals surface area contributed by atoms with Gasteiger partial charge in [-0.2, -0.15) is 0 Å². The molecule has 0 saturated heterocycles. The van der Waals surface area contributed by atoms with Crippen molar-refractivity contribution in [3.63, 3.8) is 0 Å². The molecule has 2 atom stereocenters. The van der Waals surface area contributed by atoms with Crippen molar-refractivity contribution in [3.8, 4) is 0 Å². The molecule has 0 bridgehead atoms. The minimum absolute atomic E-state index is 0.173. The van der Waals surface area contributed by atoms with Crippen molar-refractivity contribution in [1.82, 2.24) is 0 Å². The molecule has 1 aromatic rings. The summed E-state index contributed by atoms with van der Waals surface area (Å²) >= 11 is 0. The van der Waals surface area contributed by atoms with Crippen molar-refractivity contribution in [3.05, 3.63) is 46.3 Å². The van der Waals surface area contributed by atoms with Crippen molar-refractivity contribution in [2.75, 3.05) is 6.61 Å². The van der Waals surface area contributed by atoms with Crippen molar-refractivity contribution in [1.29, 1.82) is 0 Å². The second kappa shape index (κ2) is 7.68. The van der Waals surface area contributed by atoms with E-state index in [-0.39, 0.29) is 6.61 Å². The minimum Gasteiger partial charge on any atom is -0.390 e. The van der Waals surface area contributed by atoms with Crippen LogP contribution in [0.1, 0.15) is 18.9 Å². The number of aliphatic hydroxyl groups excluding tert-OH is 1. The first-order chi connectivity index (χ1) is 8.27. The van der Waals surface area contributed by atoms with Gasteiger partial charge in [0.1, 0.15) is 0 Å². The van der Waals surface area contributed by atoms with E-state index >= 15 is 0 Å². The van der Waals surface area contributed by atoms with E-state index in [1.54, 1.807) is 0 Å². The Kier molecular flexibility index (Phi) is 6.10. The molecule has 0 radical (unpaired) electrons. The van der Waals surface area contributed by atoms with E-state index in [9.17, 15) is 5.11 Å². The van der Waals surface area contributed by atoms with Crippen LogP contribution < -0.4 is 0 Å². The smallest absolute Gasteiger partial charge is 0.0858 e. The maximum Gasteiger partial charge on any atom is 0.0858 e. The number of hydrogen-bond acceptors (Lipinski definition) is 3. The third-order valence-corrected chi connectivity index (χ3v) is 2.46. The first kappa shape index (κ1) is 13.5. The number of rotatable bonds is 7. The number of ether oxygens (including phenoxy) is 1. The summed E-state index contributed by atoms with van der Waals surface area (Å²) in [5, 5.41) is 13.2. The summed E-state index contributed by atoms with van der Waals surface area (Å²) in [6.07, 6.45) is -0.153. The Morgan fingerprint density at radius 2 is 2.12 bits per heavy atom. The van der Waals surface area contributed by atoms with Gasteiger partial charge in [0.2, 0.25) is 0 Å². The lowest BCUT2D eigenvalue weighted by Crippen LogP contribution is -2.28. The van der Waals surface area contributed by atoms with Crippen LogP contribution in [-0.2, 0) is 11.3 Å². The average molecular weight is 235 g/mol. The topological polar surface area (TPSA) is 78.2 Å². The third kappa shape index (κ3) is 4.87. The molecule has 1 rings (SSSR count). The van der Waals surface area contributed by atoms with Gasteiger partial charge in [-0.15, -0.1) is 0 Å². The molecule has 0 spiro atoms. The summed E-state index contributed by atoms with van der Waals surface area (Å²) < 4.78 is 5.38. The second-order valence-electron chi connectivity index (χ2n) is 3.75. The predicted molar refractivity (Wildman–Crippen MR) is 65.3 cm³/mol. The SMILES string of the molecule is CC[C@H](N=[N+]=[N-])[C@@H](O)COCc1ccccc1. The first-order valence-electron chi connectivity index (χ1n) is 5.61. The Hall–Kier alpha value is -1.55. The standard InChI is InChI=1S/C12H17N3O2/c1-2-11(14-15-13)12(16)9-17-8-10-6-4-3-5-7-10/h3-7,11-12,16H,2,8-9H2,1H3/t11-,12-/m0/s1. The van der Waals surface area contributed by atoms with Gasteiger partial charge in [0.25, 0.3) is 0 Å². The zero-order valence-corrected chi connectivity index (χ0v) is 9.86. The van der Waals surface area contributed by atoms with E-state index in [0.717, 1.165) is 5.56 Å². The van der Waals surface area contributed by atoms with Crippen LogP contribution in [0.3, 0.4) is 0 Å². The second-order valence-corrected chi connectivity index (χ2v) is 3.75. The van der Waals surface area contributed by atoms with Gasteiger partial charge >= 0.3 is 0 Å². The molecule has 0 aliphatic carbocycles. The molecule has 17 heavy (non-hydrogen) atoms. The average Bonchev–Trinajstić information content (AvgIpc) is 2.37. The molecular formula is C12H17N3O2. The number of aliphatic hydroxyl groups is 1. The van der Waals surface area contributed by atoms with Gasteiger partial charge in [-0.25, -0.2) is 0 Å². The van der Waals surface area contributed by atoms with Crippen LogP contribution in [-0.4, -0.2) is 23.9 Å². The van der Waals surface area contributed by atoms with Crippen LogP contribution >= 0.6 is 0 Å². The largest absolute Gasteiger partial charge is 0.390 e. The highest BCUT2D eigenvalue weighted by atomic mass is 16.5. The van der Waals surface area contributed by atoms with Crippen LogP contribution in [0.4, 0.5) is 0 Å². The zero-order chi connectivity index (χ0) is 12.5. The van der Waals surface area contributed by atoms with Crippen molar-refractivity contribution >= 4 is 0 Å². The van der Waals surface area contributed by atoms with Gasteiger partial charge in [-0.3, -0.25) is 0 Å². The normalized spacial score (nSPS) is 13.8. The maximum absolute atomic E-state index is 9.73. The van der Waals surface area contributed by atoms with E-state index in [1.807, 2.05) is 37.3 Å². The lowest BCUT2D eigenvalue weighted by atomic mass is 10.1. The molecule has 0 aliphatic heterocycles. The van der Waals surface area contributed by atoms with E-state index in [0.29, 0.717) is 13.0 Å². The Balaban J connectivity index is 2.33. The fraction of sp³-hybridized carbons (Fsp3) is 0.500. The minimum atomic E-state index is -0.750. The predicted octanol–water partition coefficient (Wildman–Crippen LogP) is 2.65. The molecule has 0 heterocycles. The third-order valence-electron chi connectivity index (χ3n) is 2.46. The zero-order valence-electron chi connectivity index (χ0n) is 9.86. The van der Waals surface area contributed by atoms with Gasteiger partial charge in [0.15, 0.2) is 0 Å². The molecule has 92 valence electrons. The van der Waals surface area contributed by atoms with E-state index in [1.165, 1.54) is 0 Å². The van der Waals surface area contributed by atoms with Gasteiger partial charge in [0, 0.05) is 4.91 Å². The number of azide groups is 1. The highest BCUT2D eigenvalue weighted by Crippen LogP contribution is 2.07. The fourth-order valence-corrected chi connectivity index (χ4v) is 1.48. The van der Waals surface area contributed by atoms with Crippen molar-refractivity contribution in [2.24, 2.45) is 5.11 Å². The molecule has 0 aromatic heterocycles. The first-order valence-corrected chi connectivity index (χ1v) is 5.61. The summed E-state index contributed by atoms with van der Waals surface area (Å²) in [6.45, 7) is 2.48. The Labute approximate surface area is 101 Å². The Bertz CT molecular complexity index is 363. The highest BCUT2D eigenvalue weighted by Gasteiger charge is 2.15. The van der Waals surface area contributed by atoms with E-state index in [2.05, 4.69) is 10.0 Å². The number of benzene rings is 1. The van der Waals surface area contributed by atoms with E-state index in [4.69, 9.17) is 10.3 Å². The maximum atomic E-state index is 9.73. The lowest BCUT2D eigenvalue weighted by molar-refractivity contribution is 0.0155. The molecule has 0 amide bonds. The number of hydrogen-bond donors (Lipinski definition) is 1. The van der Waals surface area contributed by atoms with Crippen LogP contribution in [0.25, 0.3) is 10.4 Å². The molecule has 5 nitrogen and oxygen atoms in total. The molecule has 0 aliphatic rings. The van der Waals surface area contributed by atoms with Crippen LogP contribution in [0, 0.1) is 0 Å². The summed E-state index contributed by atoms with van der Waals surface area (Å²) in [7, 11) is 0. The van der Waals surface area contributed by atoms with Gasteiger partial charge in [-0.1, -0.05) is 42.4 Å². The molecule has 0 fully saturated rings. The molecule has 5 heteroatoms. The van der Waals surface area contributed by atoms with Gasteiger partial charge < -0.3 is 9.84 Å². The molecule has 0 saturated carbocycles. The Morgan fingerprint density at radius 1 is 1.41 bits per heavy atom. The monoisotopic (exact) mass is 235 g/mol. The molecular weight excluding hydrogens is 218 g/mol. The van der Waals surface area contributed by atoms with Crippen LogP contribution in [0.2, 0.25) is 0 Å². The molecule has 1 N–H and O–H groups in total. The molecule has 1 aromatic carbocycles. The lowest BCUT2D eigenvalue weighted by Gasteiger charge is -2.16. The van der Waals surface area contributed by atoms with E-state index < -0.39 is 12.1 Å². The summed E-state index contributed by atoms with van der Waals surface area (Å²) in [5.74, 6) is 0. The Morgan fingerprint density at radius 3 is 2.71 bits per heavy atom. The van der Waals surface area contributed by atoms with Crippen molar-refractivity contribution in [2.45, 2.75) is 32.1 Å². The fourth-order valence-electron chi connectivity index (χ4n) is 1.48. The molecule has 0 unspecified atom stereocenters. The quantitative estimate of drug-likeness (QED) is 0.448. The van der Waals surface area contributed by atoms with Crippen molar-refractivity contribution < 1.29 is 9.84 Å². The van der Waals surface area contributed by atoms with Gasteiger partial charge in [0.05, 0.1) is 25.4 Å². The summed E-state index contributed by atoms with van der Waals surface area (Å²) in [6, 6.07) is 9.30. The summed E-state index contributed by atoms with van der Waals surface area (Å²) in [4.78, 5) is 2.70. The van der Waals surface area contributed by atoms with Crippen LogP contribution in [0.15, 0.2) is 35.4 Å². The van der Waals surface area contributed by atoms with Gasteiger partial charge in [-0.05, 0) is 17.5 Å². The summed E-state index contributed by atoms with van der Waals surface area (Å²) in [5.41, 5.74) is 9.38. The highest BCUT2D eigenvalue weighted by molar-refractivity contribution is 5.13. The van der Waals surface area contributed by atoms with Crippen LogP contribution in [0.5, 0.6) is 0 Å².